The fraction of sp³-hybridized carbons (Fsp3) is 1.00. The molecule has 1 rings (SSSR count). The first-order chi connectivity index (χ1) is 2.84. The van der Waals surface area contributed by atoms with E-state index in [0.717, 1.165) is 3.67 Å². The molecular formula is C3H8INP-. The van der Waals surface area contributed by atoms with Gasteiger partial charge in [-0.15, -0.1) is 0 Å². The third-order valence-corrected chi connectivity index (χ3v) is 8.12. The molecule has 1 heterocycles. The summed E-state index contributed by atoms with van der Waals surface area (Å²) < 4.78 is 6.50. The minimum atomic E-state index is 0.147. The van der Waals surface area contributed by atoms with Gasteiger partial charge in [-0.1, -0.05) is 0 Å². The van der Waals surface area contributed by atoms with Gasteiger partial charge < -0.3 is 0 Å². The maximum atomic E-state index is 5.45. The SMILES string of the molecule is CP1CC1[I-]N. The molecule has 0 aromatic heterocycles. The van der Waals surface area contributed by atoms with Crippen LogP contribution in [0.2, 0.25) is 0 Å². The van der Waals surface area contributed by atoms with Crippen LogP contribution in [0.25, 0.3) is 0 Å². The Morgan fingerprint density at radius 1 is 2.00 bits per heavy atom. The van der Waals surface area contributed by atoms with Crippen molar-refractivity contribution < 1.29 is 21.5 Å². The van der Waals surface area contributed by atoms with Gasteiger partial charge in [-0.25, -0.2) is 0 Å². The topological polar surface area (TPSA) is 26.0 Å². The Balaban J connectivity index is 2.09. The van der Waals surface area contributed by atoms with Gasteiger partial charge in [0, 0.05) is 0 Å². The van der Waals surface area contributed by atoms with Crippen molar-refractivity contribution in [2.45, 2.75) is 3.67 Å². The van der Waals surface area contributed by atoms with Gasteiger partial charge in [0.25, 0.3) is 0 Å². The maximum absolute atomic E-state index is 5.45. The Kier molecular flexibility index (Phi) is 1.69. The molecule has 0 aliphatic carbocycles. The van der Waals surface area contributed by atoms with Gasteiger partial charge >= 0.3 is 49.8 Å². The Morgan fingerprint density at radius 2 is 2.50 bits per heavy atom. The fourth-order valence-corrected chi connectivity index (χ4v) is 5.66. The average Bonchev–Trinajstić information content (AvgIpc) is 2.19. The zero-order valence-corrected chi connectivity index (χ0v) is 6.74. The fourth-order valence-electron chi connectivity index (χ4n) is 0.327. The zero-order valence-electron chi connectivity index (χ0n) is 3.69. The molecule has 0 amide bonds. The number of hydrogen-bond donors (Lipinski definition) is 1. The molecule has 38 valence electrons. The molecule has 3 heteroatoms. The van der Waals surface area contributed by atoms with Crippen molar-refractivity contribution in [1.29, 1.82) is 0 Å². The van der Waals surface area contributed by atoms with E-state index >= 15 is 0 Å². The Labute approximate surface area is 50.0 Å². The molecule has 0 saturated carbocycles. The van der Waals surface area contributed by atoms with Crippen molar-refractivity contribution in [2.75, 3.05) is 12.8 Å². The van der Waals surface area contributed by atoms with E-state index in [9.17, 15) is 0 Å². The molecular weight excluding hydrogens is 208 g/mol. The molecule has 1 saturated heterocycles. The molecule has 1 aliphatic rings. The number of rotatable bonds is 1. The van der Waals surface area contributed by atoms with Gasteiger partial charge in [0.2, 0.25) is 0 Å². The Hall–Kier alpha value is 1.12. The summed E-state index contributed by atoms with van der Waals surface area (Å²) in [6, 6.07) is 0. The number of alkyl halides is 1. The first-order valence-corrected chi connectivity index (χ1v) is 6.40. The van der Waals surface area contributed by atoms with Crippen molar-refractivity contribution >= 4 is 7.92 Å². The van der Waals surface area contributed by atoms with E-state index in [2.05, 4.69) is 6.66 Å². The predicted octanol–water partition coefficient (Wildman–Crippen LogP) is -2.60. The van der Waals surface area contributed by atoms with Crippen molar-refractivity contribution in [1.82, 2.24) is 0 Å². The van der Waals surface area contributed by atoms with Crippen LogP contribution in [0.15, 0.2) is 0 Å². The van der Waals surface area contributed by atoms with E-state index in [1.807, 2.05) is 0 Å². The Bertz CT molecular complexity index is 56.8. The van der Waals surface area contributed by atoms with E-state index in [1.165, 1.54) is 6.16 Å². The van der Waals surface area contributed by atoms with Crippen LogP contribution in [0.1, 0.15) is 0 Å². The number of halogens is 1. The molecule has 0 aromatic carbocycles. The summed E-state index contributed by atoms with van der Waals surface area (Å²) in [4.78, 5) is 0. The van der Waals surface area contributed by atoms with Crippen molar-refractivity contribution in [2.24, 2.45) is 3.95 Å². The van der Waals surface area contributed by atoms with Gasteiger partial charge in [0.05, 0.1) is 0 Å². The summed E-state index contributed by atoms with van der Waals surface area (Å²) in [6.07, 6.45) is 1.49. The molecule has 2 unspecified atom stereocenters. The van der Waals surface area contributed by atoms with Crippen molar-refractivity contribution in [3.63, 3.8) is 0 Å². The summed E-state index contributed by atoms with van der Waals surface area (Å²) in [5, 5.41) is 0. The molecule has 0 spiro atoms. The van der Waals surface area contributed by atoms with Crippen LogP contribution < -0.4 is 25.4 Å². The van der Waals surface area contributed by atoms with Crippen LogP contribution in [0.5, 0.6) is 0 Å². The predicted molar refractivity (Wildman–Crippen MR) is 25.7 cm³/mol. The normalized spacial score (nSPS) is 43.7. The molecule has 1 nitrogen and oxygen atoms in total. The van der Waals surface area contributed by atoms with E-state index in [0.29, 0.717) is 7.92 Å². The van der Waals surface area contributed by atoms with Crippen molar-refractivity contribution in [3.8, 4) is 0 Å². The van der Waals surface area contributed by atoms with E-state index in [-0.39, 0.29) is 21.5 Å². The number of hydrogen-bond acceptors (Lipinski definition) is 1. The summed E-state index contributed by atoms with van der Waals surface area (Å²) in [5.41, 5.74) is 0. The van der Waals surface area contributed by atoms with Crippen LogP contribution in [0, 0.1) is 0 Å². The standard InChI is InChI=1S/C3H8INP/c1-6-2-3(6)4-5/h3H,2,5H2,1H3/q-1. The molecule has 0 bridgehead atoms. The van der Waals surface area contributed by atoms with Gasteiger partial charge in [0.1, 0.15) is 0 Å². The van der Waals surface area contributed by atoms with Crippen LogP contribution in [-0.4, -0.2) is 16.5 Å². The number of nitrogens with two attached hydrogens (primary N) is 1. The summed E-state index contributed by atoms with van der Waals surface area (Å²) >= 11 is 0.147. The Morgan fingerprint density at radius 3 is 2.50 bits per heavy atom. The monoisotopic (exact) mass is 216 g/mol. The van der Waals surface area contributed by atoms with Crippen LogP contribution in [0.4, 0.5) is 0 Å². The van der Waals surface area contributed by atoms with Gasteiger partial charge in [0.15, 0.2) is 0 Å². The second-order valence-electron chi connectivity index (χ2n) is 1.50. The van der Waals surface area contributed by atoms with Crippen LogP contribution in [-0.2, 0) is 0 Å². The summed E-state index contributed by atoms with van der Waals surface area (Å²) in [7, 11) is 0.490. The second kappa shape index (κ2) is 1.93. The second-order valence-corrected chi connectivity index (χ2v) is 7.21. The molecule has 1 fully saturated rings. The molecule has 0 aromatic rings. The van der Waals surface area contributed by atoms with Gasteiger partial charge in [-0.3, -0.25) is 0 Å². The summed E-state index contributed by atoms with van der Waals surface area (Å²) in [6.45, 7) is 2.34. The van der Waals surface area contributed by atoms with Gasteiger partial charge in [-0.05, 0) is 0 Å². The third kappa shape index (κ3) is 1.04. The zero-order chi connectivity index (χ0) is 4.57. The van der Waals surface area contributed by atoms with Crippen LogP contribution >= 0.6 is 7.92 Å². The average molecular weight is 216 g/mol. The summed E-state index contributed by atoms with van der Waals surface area (Å²) in [5.74, 6) is 0. The van der Waals surface area contributed by atoms with E-state index in [4.69, 9.17) is 3.95 Å². The van der Waals surface area contributed by atoms with Gasteiger partial charge in [-0.2, -0.15) is 0 Å². The minimum absolute atomic E-state index is 0.147. The van der Waals surface area contributed by atoms with E-state index < -0.39 is 0 Å². The van der Waals surface area contributed by atoms with Crippen molar-refractivity contribution in [3.05, 3.63) is 0 Å². The molecule has 2 atom stereocenters. The molecule has 6 heavy (non-hydrogen) atoms. The molecule has 1 aliphatic heterocycles. The molecule has 0 radical (unpaired) electrons. The molecule has 2 N–H and O–H groups in total. The quantitative estimate of drug-likeness (QED) is 0.221. The first kappa shape index (κ1) is 5.26. The van der Waals surface area contributed by atoms with Crippen LogP contribution in [0.3, 0.4) is 0 Å². The first-order valence-electron chi connectivity index (χ1n) is 1.87. The van der Waals surface area contributed by atoms with E-state index in [1.54, 1.807) is 0 Å². The third-order valence-electron chi connectivity index (χ3n) is 0.929.